The van der Waals surface area contributed by atoms with Crippen LogP contribution in [0.4, 0.5) is 17.3 Å². The fourth-order valence-corrected chi connectivity index (χ4v) is 1.94. The maximum Gasteiger partial charge on any atom is 0.353 e. The van der Waals surface area contributed by atoms with Gasteiger partial charge in [-0.1, -0.05) is 0 Å². The molecule has 2 N–H and O–H groups in total. The molecule has 112 valence electrons. The Labute approximate surface area is 121 Å². The Kier molecular flexibility index (Phi) is 4.64. The van der Waals surface area contributed by atoms with Gasteiger partial charge in [0.25, 0.3) is 0 Å². The summed E-state index contributed by atoms with van der Waals surface area (Å²) in [6.07, 6.45) is 6.51. The summed E-state index contributed by atoms with van der Waals surface area (Å²) in [6, 6.07) is -0.0534. The zero-order valence-corrected chi connectivity index (χ0v) is 11.9. The molecule has 9 nitrogen and oxygen atoms in total. The fraction of sp³-hybridized carbons (Fsp3) is 0.417. The molecule has 0 aliphatic rings. The molecule has 0 radical (unpaired) electrons. The van der Waals surface area contributed by atoms with Crippen LogP contribution in [0.1, 0.15) is 13.8 Å². The number of aromatic nitrogens is 4. The molecule has 0 aliphatic heterocycles. The lowest BCUT2D eigenvalue weighted by Gasteiger charge is -2.15. The van der Waals surface area contributed by atoms with Crippen molar-refractivity contribution >= 4 is 17.3 Å². The highest BCUT2D eigenvalue weighted by Crippen LogP contribution is 2.29. The average Bonchev–Trinajstić information content (AvgIpc) is 2.91. The molecule has 2 aromatic rings. The van der Waals surface area contributed by atoms with Gasteiger partial charge in [0.1, 0.15) is 6.33 Å². The van der Waals surface area contributed by atoms with Crippen molar-refractivity contribution in [3.05, 3.63) is 35.2 Å². The van der Waals surface area contributed by atoms with Gasteiger partial charge in [0.15, 0.2) is 0 Å². The van der Waals surface area contributed by atoms with Crippen molar-refractivity contribution in [2.75, 3.05) is 17.2 Å². The van der Waals surface area contributed by atoms with Crippen molar-refractivity contribution < 1.29 is 4.92 Å². The molecular formula is C12H17N7O2. The van der Waals surface area contributed by atoms with Gasteiger partial charge in [-0.3, -0.25) is 10.1 Å². The summed E-state index contributed by atoms with van der Waals surface area (Å²) in [4.78, 5) is 22.6. The third-order valence-corrected chi connectivity index (χ3v) is 2.78. The normalized spacial score (nSPS) is 11.9. The minimum atomic E-state index is -0.482. The lowest BCUT2D eigenvalue weighted by atomic mass is 10.3. The van der Waals surface area contributed by atoms with Crippen LogP contribution in [-0.4, -0.2) is 37.0 Å². The van der Waals surface area contributed by atoms with Gasteiger partial charge in [-0.2, -0.15) is 0 Å². The number of hydrogen-bond donors (Lipinski definition) is 2. The Morgan fingerprint density at radius 1 is 1.43 bits per heavy atom. The topological polar surface area (TPSA) is 111 Å². The van der Waals surface area contributed by atoms with Crippen molar-refractivity contribution in [1.82, 2.24) is 19.5 Å². The Balaban J connectivity index is 2.18. The van der Waals surface area contributed by atoms with E-state index in [4.69, 9.17) is 0 Å². The number of rotatable bonds is 7. The molecule has 1 atom stereocenters. The van der Waals surface area contributed by atoms with Crippen LogP contribution >= 0.6 is 0 Å². The van der Waals surface area contributed by atoms with Gasteiger partial charge in [-0.05, 0) is 13.8 Å². The second-order valence-electron chi connectivity index (χ2n) is 4.51. The van der Waals surface area contributed by atoms with Gasteiger partial charge < -0.3 is 15.2 Å². The van der Waals surface area contributed by atoms with Gasteiger partial charge >= 0.3 is 5.69 Å². The summed E-state index contributed by atoms with van der Waals surface area (Å²) in [6.45, 7) is 4.93. The van der Waals surface area contributed by atoms with Gasteiger partial charge in [-0.15, -0.1) is 0 Å². The van der Waals surface area contributed by atoms with Crippen LogP contribution in [0, 0.1) is 10.1 Å². The van der Waals surface area contributed by atoms with Crippen LogP contribution < -0.4 is 10.6 Å². The second-order valence-corrected chi connectivity index (χ2v) is 4.51. The Bertz CT molecular complexity index is 600. The van der Waals surface area contributed by atoms with Crippen LogP contribution in [0.15, 0.2) is 25.0 Å². The van der Waals surface area contributed by atoms with E-state index in [1.807, 2.05) is 24.6 Å². The van der Waals surface area contributed by atoms with E-state index in [1.165, 1.54) is 6.33 Å². The third kappa shape index (κ3) is 3.65. The molecule has 2 aromatic heterocycles. The molecule has 0 amide bonds. The minimum Gasteiger partial charge on any atom is -0.364 e. The van der Waals surface area contributed by atoms with Crippen molar-refractivity contribution in [1.29, 1.82) is 0 Å². The summed E-state index contributed by atoms with van der Waals surface area (Å²) < 4.78 is 1.88. The maximum absolute atomic E-state index is 11.2. The van der Waals surface area contributed by atoms with E-state index >= 15 is 0 Å². The smallest absolute Gasteiger partial charge is 0.353 e. The number of nitrogens with one attached hydrogen (secondary N) is 2. The summed E-state index contributed by atoms with van der Waals surface area (Å²) in [5.41, 5.74) is -0.142. The van der Waals surface area contributed by atoms with Gasteiger partial charge in [-0.25, -0.2) is 15.0 Å². The molecule has 0 bridgehead atoms. The monoisotopic (exact) mass is 291 g/mol. The Morgan fingerprint density at radius 3 is 2.81 bits per heavy atom. The number of imidazole rings is 1. The number of anilines is 2. The zero-order chi connectivity index (χ0) is 15.2. The highest BCUT2D eigenvalue weighted by Gasteiger charge is 2.23. The van der Waals surface area contributed by atoms with E-state index in [0.717, 1.165) is 0 Å². The van der Waals surface area contributed by atoms with E-state index < -0.39 is 4.92 Å². The van der Waals surface area contributed by atoms with E-state index in [2.05, 4.69) is 25.6 Å². The molecule has 0 saturated heterocycles. The number of nitrogens with zero attached hydrogens (tertiary/aromatic N) is 5. The third-order valence-electron chi connectivity index (χ3n) is 2.78. The largest absolute Gasteiger partial charge is 0.364 e. The summed E-state index contributed by atoms with van der Waals surface area (Å²) in [5, 5.41) is 17.2. The van der Waals surface area contributed by atoms with Crippen molar-refractivity contribution in [2.45, 2.75) is 26.4 Å². The Morgan fingerprint density at radius 2 is 2.19 bits per heavy atom. The van der Waals surface area contributed by atoms with Crippen molar-refractivity contribution in [3.63, 3.8) is 0 Å². The first-order valence-corrected chi connectivity index (χ1v) is 6.57. The highest BCUT2D eigenvalue weighted by atomic mass is 16.6. The molecule has 0 fully saturated rings. The predicted molar refractivity (Wildman–Crippen MR) is 78.2 cm³/mol. The predicted octanol–water partition coefficient (Wildman–Crippen LogP) is 1.51. The number of hydrogen-bond acceptors (Lipinski definition) is 7. The summed E-state index contributed by atoms with van der Waals surface area (Å²) >= 11 is 0. The molecule has 0 spiro atoms. The first-order valence-electron chi connectivity index (χ1n) is 6.57. The second kappa shape index (κ2) is 6.64. The van der Waals surface area contributed by atoms with E-state index in [-0.39, 0.29) is 23.4 Å². The SMILES string of the molecule is CCNc1ncnc(NC(C)Cn2ccnc2)c1[N+](=O)[O-]. The molecule has 0 aliphatic carbocycles. The van der Waals surface area contributed by atoms with Crippen LogP contribution in [0.25, 0.3) is 0 Å². The van der Waals surface area contributed by atoms with Crippen LogP contribution in [-0.2, 0) is 6.54 Å². The number of nitro groups is 1. The molecule has 1 unspecified atom stereocenters. The zero-order valence-electron chi connectivity index (χ0n) is 11.9. The summed E-state index contributed by atoms with van der Waals surface area (Å²) in [5.74, 6) is 0.424. The van der Waals surface area contributed by atoms with Crippen molar-refractivity contribution in [2.24, 2.45) is 0 Å². The molecule has 0 aromatic carbocycles. The molecule has 21 heavy (non-hydrogen) atoms. The standard InChI is InChI=1S/C12H17N7O2/c1-3-14-11-10(19(20)21)12(16-7-15-11)17-9(2)6-18-5-4-13-8-18/h4-5,7-9H,3,6H2,1-2H3,(H2,14,15,16,17). The van der Waals surface area contributed by atoms with Crippen LogP contribution in [0.3, 0.4) is 0 Å². The Hall–Kier alpha value is -2.71. The first kappa shape index (κ1) is 14.7. The lowest BCUT2D eigenvalue weighted by molar-refractivity contribution is -0.383. The molecular weight excluding hydrogens is 274 g/mol. The van der Waals surface area contributed by atoms with E-state index in [0.29, 0.717) is 13.1 Å². The molecule has 9 heteroatoms. The maximum atomic E-state index is 11.2. The van der Waals surface area contributed by atoms with Gasteiger partial charge in [0.2, 0.25) is 11.6 Å². The quantitative estimate of drug-likeness (QED) is 0.587. The minimum absolute atomic E-state index is 0.0534. The fourth-order valence-electron chi connectivity index (χ4n) is 1.94. The van der Waals surface area contributed by atoms with Crippen molar-refractivity contribution in [3.8, 4) is 0 Å². The van der Waals surface area contributed by atoms with E-state index in [9.17, 15) is 10.1 Å². The van der Waals surface area contributed by atoms with Gasteiger partial charge in [0, 0.05) is 31.5 Å². The summed E-state index contributed by atoms with van der Waals surface area (Å²) in [7, 11) is 0. The molecule has 2 rings (SSSR count). The van der Waals surface area contributed by atoms with Gasteiger partial charge in [0.05, 0.1) is 11.3 Å². The highest BCUT2D eigenvalue weighted by molar-refractivity contribution is 5.69. The van der Waals surface area contributed by atoms with E-state index in [1.54, 1.807) is 12.5 Å². The first-order chi connectivity index (χ1) is 10.1. The van der Waals surface area contributed by atoms with Crippen LogP contribution in [0.5, 0.6) is 0 Å². The molecule has 0 saturated carbocycles. The molecule has 2 heterocycles. The lowest BCUT2D eigenvalue weighted by Crippen LogP contribution is -2.23. The average molecular weight is 291 g/mol. The van der Waals surface area contributed by atoms with Crippen LogP contribution in [0.2, 0.25) is 0 Å².